The molecule has 1 aliphatic carbocycles. The molecule has 2 unspecified atom stereocenters. The summed E-state index contributed by atoms with van der Waals surface area (Å²) in [6.07, 6.45) is 3.16. The van der Waals surface area contributed by atoms with Crippen LogP contribution in [0.25, 0.3) is 0 Å². The van der Waals surface area contributed by atoms with Crippen molar-refractivity contribution in [2.75, 3.05) is 7.11 Å². The number of imide groups is 1. The number of hydrogen-bond donors (Lipinski definition) is 2. The Bertz CT molecular complexity index is 917. The fourth-order valence-electron chi connectivity index (χ4n) is 4.29. The van der Waals surface area contributed by atoms with Crippen LogP contribution in [0.1, 0.15) is 64.4 Å². The van der Waals surface area contributed by atoms with Gasteiger partial charge in [0, 0.05) is 6.42 Å². The number of fused-ring (bicyclic) bond motifs is 1. The molecule has 2 aromatic rings. The molecule has 0 spiro atoms. The average molecular weight is 410 g/mol. The van der Waals surface area contributed by atoms with E-state index in [1.807, 2.05) is 0 Å². The minimum atomic E-state index is -1.19. The zero-order valence-corrected chi connectivity index (χ0v) is 16.9. The largest absolute Gasteiger partial charge is 0.493 e. The molecule has 1 aliphatic heterocycles. The molecule has 2 amide bonds. The van der Waals surface area contributed by atoms with Gasteiger partial charge in [-0.05, 0) is 55.5 Å². The molecule has 0 radical (unpaired) electrons. The standard InChI is InChI=1S/C23H26N2O5/c1-29-19-11-10-14(12-20(19)30-15-6-2-3-7-15)18(13-21(24)26)25-22(27)16-8-4-5-9-17(16)23(25)28/h4-5,8-12,15,18,21,26H,2-3,6-7,13,24H2,1H3. The highest BCUT2D eigenvalue weighted by Crippen LogP contribution is 2.39. The molecule has 4 rings (SSSR count). The summed E-state index contributed by atoms with van der Waals surface area (Å²) < 4.78 is 11.6. The van der Waals surface area contributed by atoms with E-state index in [4.69, 9.17) is 15.2 Å². The van der Waals surface area contributed by atoms with Gasteiger partial charge in [-0.1, -0.05) is 18.2 Å². The number of carbonyl (C=O) groups excluding carboxylic acids is 2. The summed E-state index contributed by atoms with van der Waals surface area (Å²) >= 11 is 0. The van der Waals surface area contributed by atoms with Gasteiger partial charge in [-0.3, -0.25) is 14.5 Å². The molecule has 1 heterocycles. The average Bonchev–Trinajstić information content (AvgIpc) is 3.33. The van der Waals surface area contributed by atoms with Crippen molar-refractivity contribution in [1.82, 2.24) is 4.90 Å². The number of aliphatic hydroxyl groups excluding tert-OH is 1. The first-order chi connectivity index (χ1) is 14.5. The van der Waals surface area contributed by atoms with E-state index in [1.165, 1.54) is 4.90 Å². The van der Waals surface area contributed by atoms with Crippen molar-refractivity contribution < 1.29 is 24.2 Å². The third-order valence-corrected chi connectivity index (χ3v) is 5.77. The zero-order chi connectivity index (χ0) is 21.3. The molecule has 1 saturated carbocycles. The maximum atomic E-state index is 13.0. The van der Waals surface area contributed by atoms with Crippen molar-refractivity contribution in [2.45, 2.75) is 50.5 Å². The Morgan fingerprint density at radius 3 is 2.27 bits per heavy atom. The first-order valence-corrected chi connectivity index (χ1v) is 10.2. The van der Waals surface area contributed by atoms with E-state index in [2.05, 4.69) is 0 Å². The van der Waals surface area contributed by atoms with Gasteiger partial charge in [-0.2, -0.15) is 0 Å². The maximum Gasteiger partial charge on any atom is 0.262 e. The summed E-state index contributed by atoms with van der Waals surface area (Å²) in [4.78, 5) is 27.2. The van der Waals surface area contributed by atoms with Crippen molar-refractivity contribution in [2.24, 2.45) is 5.73 Å². The fourth-order valence-corrected chi connectivity index (χ4v) is 4.29. The fraction of sp³-hybridized carbons (Fsp3) is 0.391. The first-order valence-electron chi connectivity index (χ1n) is 10.2. The van der Waals surface area contributed by atoms with Crippen LogP contribution in [0.15, 0.2) is 42.5 Å². The number of methoxy groups -OCH3 is 1. The van der Waals surface area contributed by atoms with E-state index in [1.54, 1.807) is 49.6 Å². The number of carbonyl (C=O) groups is 2. The second-order valence-electron chi connectivity index (χ2n) is 7.78. The normalized spacial score (nSPS) is 18.4. The number of nitrogens with zero attached hydrogens (tertiary/aromatic N) is 1. The molecule has 0 bridgehead atoms. The van der Waals surface area contributed by atoms with E-state index < -0.39 is 24.1 Å². The lowest BCUT2D eigenvalue weighted by atomic mass is 10.0. The predicted octanol–water partition coefficient (Wildman–Crippen LogP) is 3.02. The van der Waals surface area contributed by atoms with Crippen LogP contribution in [0, 0.1) is 0 Å². The molecule has 1 fully saturated rings. The third kappa shape index (κ3) is 3.78. The number of benzene rings is 2. The van der Waals surface area contributed by atoms with E-state index in [0.29, 0.717) is 28.2 Å². The minimum absolute atomic E-state index is 0.0145. The molecule has 2 aliphatic rings. The molecule has 7 heteroatoms. The lowest BCUT2D eigenvalue weighted by Gasteiger charge is -2.28. The number of hydrogen-bond acceptors (Lipinski definition) is 6. The van der Waals surface area contributed by atoms with Gasteiger partial charge in [0.15, 0.2) is 11.5 Å². The van der Waals surface area contributed by atoms with Crippen LogP contribution < -0.4 is 15.2 Å². The molecular formula is C23H26N2O5. The van der Waals surface area contributed by atoms with Crippen molar-refractivity contribution in [3.8, 4) is 11.5 Å². The highest BCUT2D eigenvalue weighted by molar-refractivity contribution is 6.21. The lowest BCUT2D eigenvalue weighted by molar-refractivity contribution is 0.0515. The summed E-state index contributed by atoms with van der Waals surface area (Å²) in [5.74, 6) is 0.362. The Morgan fingerprint density at radius 1 is 1.07 bits per heavy atom. The second-order valence-corrected chi connectivity index (χ2v) is 7.78. The van der Waals surface area contributed by atoms with Gasteiger partial charge in [0.2, 0.25) is 0 Å². The molecule has 3 N–H and O–H groups in total. The van der Waals surface area contributed by atoms with Crippen LogP contribution in [0.2, 0.25) is 0 Å². The zero-order valence-electron chi connectivity index (χ0n) is 16.9. The molecule has 0 saturated heterocycles. The molecular weight excluding hydrogens is 384 g/mol. The molecule has 2 aromatic carbocycles. The monoisotopic (exact) mass is 410 g/mol. The highest BCUT2D eigenvalue weighted by Gasteiger charge is 2.41. The van der Waals surface area contributed by atoms with Crippen molar-refractivity contribution >= 4 is 11.8 Å². The van der Waals surface area contributed by atoms with Crippen LogP contribution >= 0.6 is 0 Å². The Hall–Kier alpha value is -2.90. The minimum Gasteiger partial charge on any atom is -0.493 e. The Labute approximate surface area is 175 Å². The number of ether oxygens (including phenoxy) is 2. The molecule has 0 aromatic heterocycles. The second kappa shape index (κ2) is 8.45. The molecule has 30 heavy (non-hydrogen) atoms. The van der Waals surface area contributed by atoms with Gasteiger partial charge in [0.05, 0.1) is 30.4 Å². The SMILES string of the molecule is COc1ccc(C(CC(N)O)N2C(=O)c3ccccc3C2=O)cc1OC1CCCC1. The van der Waals surface area contributed by atoms with Crippen molar-refractivity contribution in [1.29, 1.82) is 0 Å². The Balaban J connectivity index is 1.71. The molecule has 7 nitrogen and oxygen atoms in total. The lowest BCUT2D eigenvalue weighted by Crippen LogP contribution is -2.37. The summed E-state index contributed by atoms with van der Waals surface area (Å²) in [5.41, 5.74) is 7.04. The van der Waals surface area contributed by atoms with Crippen LogP contribution in [0.3, 0.4) is 0 Å². The maximum absolute atomic E-state index is 13.0. The van der Waals surface area contributed by atoms with Crippen molar-refractivity contribution in [3.63, 3.8) is 0 Å². The predicted molar refractivity (Wildman–Crippen MR) is 110 cm³/mol. The summed E-state index contributed by atoms with van der Waals surface area (Å²) in [7, 11) is 1.57. The Kier molecular flexibility index (Phi) is 5.74. The van der Waals surface area contributed by atoms with Gasteiger partial charge in [0.1, 0.15) is 6.23 Å². The van der Waals surface area contributed by atoms with E-state index in [-0.39, 0.29) is 12.5 Å². The van der Waals surface area contributed by atoms with E-state index in [0.717, 1.165) is 25.7 Å². The number of aliphatic hydroxyl groups is 1. The van der Waals surface area contributed by atoms with Gasteiger partial charge < -0.3 is 20.3 Å². The summed E-state index contributed by atoms with van der Waals surface area (Å²) in [5, 5.41) is 9.91. The van der Waals surface area contributed by atoms with Crippen LogP contribution in [-0.4, -0.2) is 41.3 Å². The summed E-state index contributed by atoms with van der Waals surface area (Å²) in [6.45, 7) is 0. The van der Waals surface area contributed by atoms with Gasteiger partial charge in [0.25, 0.3) is 11.8 Å². The first kappa shape index (κ1) is 20.4. The van der Waals surface area contributed by atoms with Gasteiger partial charge in [-0.15, -0.1) is 0 Å². The summed E-state index contributed by atoms with van der Waals surface area (Å²) in [6, 6.07) is 11.3. The van der Waals surface area contributed by atoms with Gasteiger partial charge in [-0.25, -0.2) is 0 Å². The number of amides is 2. The van der Waals surface area contributed by atoms with Gasteiger partial charge >= 0.3 is 0 Å². The van der Waals surface area contributed by atoms with Crippen molar-refractivity contribution in [3.05, 3.63) is 59.2 Å². The van der Waals surface area contributed by atoms with Crippen LogP contribution in [0.5, 0.6) is 11.5 Å². The quantitative estimate of drug-likeness (QED) is 0.537. The third-order valence-electron chi connectivity index (χ3n) is 5.77. The van der Waals surface area contributed by atoms with Crippen LogP contribution in [-0.2, 0) is 0 Å². The van der Waals surface area contributed by atoms with E-state index in [9.17, 15) is 14.7 Å². The van der Waals surface area contributed by atoms with E-state index >= 15 is 0 Å². The Morgan fingerprint density at radius 2 is 1.70 bits per heavy atom. The smallest absolute Gasteiger partial charge is 0.262 e. The molecule has 158 valence electrons. The van der Waals surface area contributed by atoms with Crippen LogP contribution in [0.4, 0.5) is 0 Å². The topological polar surface area (TPSA) is 102 Å². The number of nitrogens with two attached hydrogens (primary N) is 1. The molecule has 2 atom stereocenters. The number of rotatable bonds is 7. The highest BCUT2D eigenvalue weighted by atomic mass is 16.5.